The highest BCUT2D eigenvalue weighted by Gasteiger charge is 2.44. The topological polar surface area (TPSA) is 66.8 Å². The fourth-order valence-corrected chi connectivity index (χ4v) is 4.43. The van der Waals surface area contributed by atoms with E-state index in [1.807, 2.05) is 24.4 Å². The first-order chi connectivity index (χ1) is 13.6. The maximum absolute atomic E-state index is 12.8. The van der Waals surface area contributed by atoms with Gasteiger partial charge in [0, 0.05) is 24.6 Å². The maximum Gasteiger partial charge on any atom is 0.305 e. The second-order valence-electron chi connectivity index (χ2n) is 9.35. The lowest BCUT2D eigenvalue weighted by atomic mass is 9.63. The lowest BCUT2D eigenvalue weighted by Crippen LogP contribution is -2.44. The molecule has 3 rings (SSSR count). The molecule has 1 aliphatic carbocycles. The van der Waals surface area contributed by atoms with E-state index >= 15 is 0 Å². The summed E-state index contributed by atoms with van der Waals surface area (Å²) in [6.07, 6.45) is 6.15. The van der Waals surface area contributed by atoms with Crippen molar-refractivity contribution in [2.45, 2.75) is 64.7 Å². The molecule has 0 radical (unpaired) electrons. The third-order valence-corrected chi connectivity index (χ3v) is 6.01. The zero-order valence-electron chi connectivity index (χ0n) is 17.5. The zero-order valence-corrected chi connectivity index (χ0v) is 18.2. The first-order valence-electron chi connectivity index (χ1n) is 10.3. The summed E-state index contributed by atoms with van der Waals surface area (Å²) in [4.78, 5) is 25.3. The molecule has 2 aliphatic rings. The number of carbonyl (C=O) groups excluding carboxylic acids is 1. The molecule has 1 N–H and O–H groups in total. The first-order valence-corrected chi connectivity index (χ1v) is 10.6. The number of halogens is 1. The molecular formula is C23H30ClNO4. The molecular weight excluding hydrogens is 390 g/mol. The second-order valence-corrected chi connectivity index (χ2v) is 9.75. The molecule has 29 heavy (non-hydrogen) atoms. The van der Waals surface area contributed by atoms with Gasteiger partial charge in [-0.3, -0.25) is 9.59 Å². The number of allylic oxidation sites excluding steroid dienone is 1. The van der Waals surface area contributed by atoms with Crippen LogP contribution >= 0.6 is 11.6 Å². The molecule has 1 heterocycles. The van der Waals surface area contributed by atoms with Crippen LogP contribution in [0.15, 0.2) is 30.0 Å². The molecule has 0 spiro atoms. The Hall–Kier alpha value is -2.01. The number of carbonyl (C=O) groups is 2. The highest BCUT2D eigenvalue weighted by molar-refractivity contribution is 6.32. The molecule has 1 unspecified atom stereocenters. The summed E-state index contributed by atoms with van der Waals surface area (Å²) >= 11 is 6.55. The second kappa shape index (κ2) is 8.39. The number of hydrogen-bond acceptors (Lipinski definition) is 3. The van der Waals surface area contributed by atoms with Gasteiger partial charge in [-0.2, -0.15) is 0 Å². The molecule has 1 atom stereocenters. The van der Waals surface area contributed by atoms with Gasteiger partial charge in [-0.05, 0) is 47.9 Å². The van der Waals surface area contributed by atoms with E-state index in [1.54, 1.807) is 4.90 Å². The summed E-state index contributed by atoms with van der Waals surface area (Å²) in [5.41, 5.74) is 1.94. The average Bonchev–Trinajstić information content (AvgIpc) is 2.64. The Bertz CT molecular complexity index is 827. The largest absolute Gasteiger partial charge is 0.491 e. The van der Waals surface area contributed by atoms with Crippen LogP contribution in [0, 0.1) is 5.41 Å². The molecule has 1 aromatic rings. The summed E-state index contributed by atoms with van der Waals surface area (Å²) in [5, 5.41) is 9.52. The van der Waals surface area contributed by atoms with Gasteiger partial charge >= 0.3 is 5.97 Å². The first kappa shape index (κ1) is 21.7. The van der Waals surface area contributed by atoms with Crippen molar-refractivity contribution in [3.05, 3.63) is 40.6 Å². The van der Waals surface area contributed by atoms with Gasteiger partial charge in [0.05, 0.1) is 18.1 Å². The molecule has 1 fully saturated rings. The Balaban J connectivity index is 1.89. The average molecular weight is 420 g/mol. The predicted molar refractivity (Wildman–Crippen MR) is 113 cm³/mol. The highest BCUT2D eigenvalue weighted by Crippen LogP contribution is 2.49. The van der Waals surface area contributed by atoms with Crippen LogP contribution in [0.3, 0.4) is 0 Å². The number of carboxylic acids is 1. The summed E-state index contributed by atoms with van der Waals surface area (Å²) in [6, 6.07) is 5.88. The SMILES string of the molecule is CC(C)(C)COc1ccc(C23CCCCC2=CN(CCC(=O)O)C(=O)C3)cc1Cl. The van der Waals surface area contributed by atoms with Crippen LogP contribution in [0.2, 0.25) is 5.02 Å². The van der Waals surface area contributed by atoms with Crippen molar-refractivity contribution in [3.63, 3.8) is 0 Å². The molecule has 1 saturated carbocycles. The summed E-state index contributed by atoms with van der Waals surface area (Å²) in [5.74, 6) is -0.260. The predicted octanol–water partition coefficient (Wildman–Crippen LogP) is 5.17. The minimum atomic E-state index is -0.894. The van der Waals surface area contributed by atoms with Crippen molar-refractivity contribution in [2.75, 3.05) is 13.2 Å². The molecule has 6 heteroatoms. The zero-order chi connectivity index (χ0) is 21.2. The van der Waals surface area contributed by atoms with E-state index in [0.29, 0.717) is 23.8 Å². The van der Waals surface area contributed by atoms with Gasteiger partial charge in [0.25, 0.3) is 0 Å². The van der Waals surface area contributed by atoms with E-state index in [0.717, 1.165) is 31.2 Å². The maximum atomic E-state index is 12.8. The van der Waals surface area contributed by atoms with Crippen LogP contribution < -0.4 is 4.74 Å². The van der Waals surface area contributed by atoms with E-state index in [9.17, 15) is 9.59 Å². The Morgan fingerprint density at radius 2 is 2.07 bits per heavy atom. The number of amides is 1. The quantitative estimate of drug-likeness (QED) is 0.690. The molecule has 1 aromatic carbocycles. The Labute approximate surface area is 177 Å². The number of nitrogens with zero attached hydrogens (tertiary/aromatic N) is 1. The molecule has 1 aliphatic heterocycles. The molecule has 5 nitrogen and oxygen atoms in total. The van der Waals surface area contributed by atoms with Crippen LogP contribution in [0.4, 0.5) is 0 Å². The number of fused-ring (bicyclic) bond motifs is 1. The van der Waals surface area contributed by atoms with E-state index in [-0.39, 0.29) is 29.7 Å². The monoisotopic (exact) mass is 419 g/mol. The number of rotatable bonds is 6. The smallest absolute Gasteiger partial charge is 0.305 e. The van der Waals surface area contributed by atoms with E-state index in [1.165, 1.54) is 5.57 Å². The van der Waals surface area contributed by atoms with Crippen LogP contribution in [0.5, 0.6) is 5.75 Å². The van der Waals surface area contributed by atoms with Gasteiger partial charge in [0.2, 0.25) is 5.91 Å². The van der Waals surface area contributed by atoms with E-state index in [4.69, 9.17) is 21.4 Å². The van der Waals surface area contributed by atoms with Gasteiger partial charge in [-0.25, -0.2) is 0 Å². The Morgan fingerprint density at radius 1 is 1.31 bits per heavy atom. The van der Waals surface area contributed by atoms with Crippen molar-refractivity contribution < 1.29 is 19.4 Å². The summed E-state index contributed by atoms with van der Waals surface area (Å²) in [7, 11) is 0. The fraction of sp³-hybridized carbons (Fsp3) is 0.565. The number of ether oxygens (including phenoxy) is 1. The van der Waals surface area contributed by atoms with E-state index < -0.39 is 5.97 Å². The van der Waals surface area contributed by atoms with Gasteiger partial charge < -0.3 is 14.7 Å². The standard InChI is InChI=1S/C23H30ClNO4/c1-22(2,3)15-29-19-8-7-16(12-18(19)24)23-10-5-4-6-17(23)14-25(20(26)13-23)11-9-21(27)28/h7-8,12,14H,4-6,9-11,13,15H2,1-3H3,(H,27,28). The molecule has 0 bridgehead atoms. The fourth-order valence-electron chi connectivity index (χ4n) is 4.20. The normalized spacial score (nSPS) is 22.1. The molecule has 1 amide bonds. The summed E-state index contributed by atoms with van der Waals surface area (Å²) in [6.45, 7) is 7.11. The van der Waals surface area contributed by atoms with Crippen molar-refractivity contribution >= 4 is 23.5 Å². The molecule has 158 valence electrons. The number of carboxylic acid groups (broad SMARTS) is 1. The highest BCUT2D eigenvalue weighted by atomic mass is 35.5. The summed E-state index contributed by atoms with van der Waals surface area (Å²) < 4.78 is 5.89. The van der Waals surface area contributed by atoms with Crippen molar-refractivity contribution in [2.24, 2.45) is 5.41 Å². The number of benzene rings is 1. The molecule has 0 aromatic heterocycles. The van der Waals surface area contributed by atoms with Crippen LogP contribution in [-0.4, -0.2) is 35.0 Å². The van der Waals surface area contributed by atoms with Gasteiger partial charge in [-0.1, -0.05) is 44.9 Å². The Morgan fingerprint density at radius 3 is 2.72 bits per heavy atom. The minimum absolute atomic E-state index is 0.0268. The molecule has 0 saturated heterocycles. The van der Waals surface area contributed by atoms with Crippen molar-refractivity contribution in [1.82, 2.24) is 4.90 Å². The lowest BCUT2D eigenvalue weighted by Gasteiger charge is -2.45. The third kappa shape index (κ3) is 4.95. The van der Waals surface area contributed by atoms with Crippen molar-refractivity contribution in [1.29, 1.82) is 0 Å². The van der Waals surface area contributed by atoms with E-state index in [2.05, 4.69) is 20.8 Å². The lowest BCUT2D eigenvalue weighted by molar-refractivity contribution is -0.138. The van der Waals surface area contributed by atoms with Crippen LogP contribution in [-0.2, 0) is 15.0 Å². The van der Waals surface area contributed by atoms with Crippen LogP contribution in [0.25, 0.3) is 0 Å². The minimum Gasteiger partial charge on any atom is -0.491 e. The number of aliphatic carboxylic acids is 1. The Kier molecular flexibility index (Phi) is 6.27. The van der Waals surface area contributed by atoms with Crippen molar-refractivity contribution in [3.8, 4) is 5.75 Å². The third-order valence-electron chi connectivity index (χ3n) is 5.71. The van der Waals surface area contributed by atoms with Gasteiger partial charge in [0.1, 0.15) is 5.75 Å². The van der Waals surface area contributed by atoms with Gasteiger partial charge in [-0.15, -0.1) is 0 Å². The van der Waals surface area contributed by atoms with Gasteiger partial charge in [0.15, 0.2) is 0 Å². The number of hydrogen-bond donors (Lipinski definition) is 1. The van der Waals surface area contributed by atoms with Crippen LogP contribution in [0.1, 0.15) is 64.9 Å².